The molecule has 20 heavy (non-hydrogen) atoms. The van der Waals surface area contributed by atoms with Crippen molar-refractivity contribution < 1.29 is 27.4 Å². The van der Waals surface area contributed by atoms with Crippen LogP contribution in [0.25, 0.3) is 0 Å². The number of aldehydes is 1. The number of carbonyl (C=O) groups is 3. The summed E-state index contributed by atoms with van der Waals surface area (Å²) in [4.78, 5) is 34.4. The van der Waals surface area contributed by atoms with E-state index < -0.39 is 33.0 Å². The number of rotatable bonds is 8. The number of allylic oxidation sites excluding steroid dienone is 1. The molecule has 1 atom stereocenters. The molecular weight excluding hydrogens is 286 g/mol. The van der Waals surface area contributed by atoms with Crippen LogP contribution in [0.15, 0.2) is 12.2 Å². The molecule has 1 N–H and O–H groups in total. The first-order chi connectivity index (χ1) is 9.11. The van der Waals surface area contributed by atoms with E-state index in [-0.39, 0.29) is 13.0 Å². The third-order valence-electron chi connectivity index (χ3n) is 2.67. The summed E-state index contributed by atoms with van der Waals surface area (Å²) in [6.45, 7) is 3.02. The molecule has 8 heteroatoms. The molecule has 0 radical (unpaired) electrons. The van der Waals surface area contributed by atoms with Gasteiger partial charge in [0.15, 0.2) is 5.78 Å². The predicted molar refractivity (Wildman–Crippen MR) is 72.6 cm³/mol. The van der Waals surface area contributed by atoms with Gasteiger partial charge in [0.2, 0.25) is 5.91 Å². The highest BCUT2D eigenvalue weighted by molar-refractivity contribution is 7.87. The second-order valence-corrected chi connectivity index (χ2v) is 6.20. The van der Waals surface area contributed by atoms with E-state index in [0.29, 0.717) is 6.29 Å². The molecule has 7 nitrogen and oxygen atoms in total. The maximum absolute atomic E-state index is 11.7. The van der Waals surface area contributed by atoms with Gasteiger partial charge in [-0.2, -0.15) is 8.42 Å². The lowest BCUT2D eigenvalue weighted by Crippen LogP contribution is -2.37. The number of ketones is 1. The molecule has 0 aromatic rings. The maximum Gasteiger partial charge on any atom is 0.275 e. The maximum atomic E-state index is 11.7. The van der Waals surface area contributed by atoms with E-state index >= 15 is 0 Å². The van der Waals surface area contributed by atoms with Crippen LogP contribution in [0.4, 0.5) is 0 Å². The molecular formula is C12H19NO6S. The summed E-state index contributed by atoms with van der Waals surface area (Å²) in [5.41, 5.74) is 0. The van der Waals surface area contributed by atoms with Crippen molar-refractivity contribution in [2.75, 3.05) is 13.6 Å². The molecule has 0 rings (SSSR count). The Hall–Kier alpha value is -1.54. The summed E-state index contributed by atoms with van der Waals surface area (Å²) in [5.74, 6) is -1.64. The van der Waals surface area contributed by atoms with Crippen molar-refractivity contribution in [3.63, 3.8) is 0 Å². The first-order valence-corrected chi connectivity index (χ1v) is 7.48. The van der Waals surface area contributed by atoms with Gasteiger partial charge in [0, 0.05) is 25.6 Å². The lowest BCUT2D eigenvalue weighted by molar-refractivity contribution is -0.126. The van der Waals surface area contributed by atoms with Crippen LogP contribution in [0.1, 0.15) is 20.3 Å². The van der Waals surface area contributed by atoms with Crippen molar-refractivity contribution in [1.82, 2.24) is 4.90 Å². The second kappa shape index (κ2) is 7.91. The van der Waals surface area contributed by atoms with Crippen LogP contribution in [-0.4, -0.2) is 54.7 Å². The Morgan fingerprint density at radius 1 is 1.30 bits per heavy atom. The number of likely N-dealkylation sites (N-methyl/N-ethyl adjacent to an activating group) is 1. The fourth-order valence-corrected chi connectivity index (χ4v) is 2.45. The molecule has 0 aromatic carbocycles. The summed E-state index contributed by atoms with van der Waals surface area (Å²) in [7, 11) is -3.11. The average Bonchev–Trinajstić information content (AvgIpc) is 2.33. The van der Waals surface area contributed by atoms with E-state index in [2.05, 4.69) is 0 Å². The van der Waals surface area contributed by atoms with E-state index in [9.17, 15) is 22.8 Å². The SMILES string of the molecule is CC(C)C(=O)C(CCN(C)C(=O)/C=C\C=O)S(=O)(=O)O. The molecule has 0 fully saturated rings. The molecule has 0 saturated heterocycles. The van der Waals surface area contributed by atoms with Gasteiger partial charge in [-0.3, -0.25) is 18.9 Å². The molecule has 0 saturated carbocycles. The molecule has 0 aromatic heterocycles. The highest BCUT2D eigenvalue weighted by Crippen LogP contribution is 2.12. The molecule has 0 heterocycles. The number of hydrogen-bond acceptors (Lipinski definition) is 5. The largest absolute Gasteiger partial charge is 0.342 e. The zero-order valence-electron chi connectivity index (χ0n) is 11.6. The van der Waals surface area contributed by atoms with Gasteiger partial charge >= 0.3 is 0 Å². The molecule has 0 aliphatic rings. The van der Waals surface area contributed by atoms with E-state index in [1.165, 1.54) is 20.9 Å². The smallest absolute Gasteiger partial charge is 0.275 e. The Balaban J connectivity index is 4.80. The standard InChI is InChI=1S/C12H19NO6S/c1-9(2)12(16)10(20(17,18)19)6-7-13(3)11(15)5-4-8-14/h4-5,8-10H,6-7H2,1-3H3,(H,17,18,19)/b5-4-. The fraction of sp³-hybridized carbons (Fsp3) is 0.583. The molecule has 0 aliphatic carbocycles. The van der Waals surface area contributed by atoms with Gasteiger partial charge < -0.3 is 4.90 Å². The lowest BCUT2D eigenvalue weighted by atomic mass is 10.0. The number of nitrogens with zero attached hydrogens (tertiary/aromatic N) is 1. The molecule has 1 amide bonds. The topological polar surface area (TPSA) is 109 Å². The van der Waals surface area contributed by atoms with Crippen LogP contribution in [0.2, 0.25) is 0 Å². The van der Waals surface area contributed by atoms with Crippen molar-refractivity contribution in [1.29, 1.82) is 0 Å². The third kappa shape index (κ3) is 6.07. The van der Waals surface area contributed by atoms with Gasteiger partial charge in [0.1, 0.15) is 11.5 Å². The van der Waals surface area contributed by atoms with Gasteiger partial charge in [0.05, 0.1) is 0 Å². The van der Waals surface area contributed by atoms with Crippen LogP contribution in [0.5, 0.6) is 0 Å². The lowest BCUT2D eigenvalue weighted by Gasteiger charge is -2.19. The van der Waals surface area contributed by atoms with E-state index in [0.717, 1.165) is 17.1 Å². The fourth-order valence-electron chi connectivity index (χ4n) is 1.48. The number of hydrogen-bond donors (Lipinski definition) is 1. The summed E-state index contributed by atoms with van der Waals surface area (Å²) >= 11 is 0. The summed E-state index contributed by atoms with van der Waals surface area (Å²) < 4.78 is 31.5. The number of Topliss-reactive ketones (excluding diaryl/α,β-unsaturated/α-hetero) is 1. The van der Waals surface area contributed by atoms with Crippen LogP contribution in [0, 0.1) is 5.92 Å². The quantitative estimate of drug-likeness (QED) is 0.386. The van der Waals surface area contributed by atoms with E-state index in [4.69, 9.17) is 4.55 Å². The van der Waals surface area contributed by atoms with Crippen molar-refractivity contribution in [3.05, 3.63) is 12.2 Å². The first-order valence-electron chi connectivity index (χ1n) is 5.98. The zero-order valence-corrected chi connectivity index (χ0v) is 12.5. The van der Waals surface area contributed by atoms with Gasteiger partial charge in [-0.25, -0.2) is 0 Å². The van der Waals surface area contributed by atoms with Crippen LogP contribution in [0.3, 0.4) is 0 Å². The van der Waals surface area contributed by atoms with Crippen molar-refractivity contribution in [2.24, 2.45) is 5.92 Å². The first kappa shape index (κ1) is 18.5. The van der Waals surface area contributed by atoms with Gasteiger partial charge in [-0.05, 0) is 12.5 Å². The minimum atomic E-state index is -4.51. The molecule has 0 aliphatic heterocycles. The summed E-state index contributed by atoms with van der Waals surface area (Å²) in [5, 5.41) is -1.55. The third-order valence-corrected chi connectivity index (χ3v) is 3.85. The van der Waals surface area contributed by atoms with E-state index in [1.807, 2.05) is 0 Å². The average molecular weight is 305 g/mol. The molecule has 114 valence electrons. The van der Waals surface area contributed by atoms with Crippen molar-refractivity contribution >= 4 is 28.1 Å². The number of carbonyl (C=O) groups excluding carboxylic acids is 3. The molecule has 1 unspecified atom stereocenters. The number of amides is 1. The predicted octanol–water partition coefficient (Wildman–Crippen LogP) is 0.0715. The van der Waals surface area contributed by atoms with Crippen LogP contribution >= 0.6 is 0 Å². The van der Waals surface area contributed by atoms with Crippen molar-refractivity contribution in [2.45, 2.75) is 25.5 Å². The Morgan fingerprint density at radius 3 is 2.25 bits per heavy atom. The summed E-state index contributed by atoms with van der Waals surface area (Å²) in [6.07, 6.45) is 2.28. The normalized spacial score (nSPS) is 13.4. The van der Waals surface area contributed by atoms with Gasteiger partial charge in [-0.15, -0.1) is 0 Å². The van der Waals surface area contributed by atoms with Gasteiger partial charge in [0.25, 0.3) is 10.1 Å². The van der Waals surface area contributed by atoms with Crippen LogP contribution in [-0.2, 0) is 24.5 Å². The minimum absolute atomic E-state index is 0.0368. The Labute approximate surface area is 118 Å². The second-order valence-electron chi connectivity index (χ2n) is 4.60. The summed E-state index contributed by atoms with van der Waals surface area (Å²) in [6, 6.07) is 0. The highest BCUT2D eigenvalue weighted by Gasteiger charge is 2.32. The van der Waals surface area contributed by atoms with Gasteiger partial charge in [-0.1, -0.05) is 13.8 Å². The zero-order chi connectivity index (χ0) is 15.9. The Kier molecular flexibility index (Phi) is 7.30. The Bertz CT molecular complexity index is 494. The Morgan fingerprint density at radius 2 is 1.85 bits per heavy atom. The minimum Gasteiger partial charge on any atom is -0.342 e. The monoisotopic (exact) mass is 305 g/mol. The molecule has 0 bridgehead atoms. The molecule has 0 spiro atoms. The van der Waals surface area contributed by atoms with Crippen LogP contribution < -0.4 is 0 Å². The highest BCUT2D eigenvalue weighted by atomic mass is 32.2. The van der Waals surface area contributed by atoms with E-state index in [1.54, 1.807) is 0 Å². The van der Waals surface area contributed by atoms with Crippen molar-refractivity contribution in [3.8, 4) is 0 Å².